The molecule has 1 N–H and O–H groups in total. The minimum atomic E-state index is 0.397. The molecule has 1 aromatic carbocycles. The molecule has 2 heterocycles. The zero-order chi connectivity index (χ0) is 13.1. The fourth-order valence-electron chi connectivity index (χ4n) is 2.55. The molecule has 0 aliphatic carbocycles. The Labute approximate surface area is 113 Å². The molecule has 0 saturated heterocycles. The van der Waals surface area contributed by atoms with E-state index < -0.39 is 0 Å². The van der Waals surface area contributed by atoms with Crippen molar-refractivity contribution >= 4 is 0 Å². The third-order valence-corrected chi connectivity index (χ3v) is 3.63. The predicted octanol–water partition coefficient (Wildman–Crippen LogP) is 2.30. The van der Waals surface area contributed by atoms with Gasteiger partial charge in [0.05, 0.1) is 6.61 Å². The minimum absolute atomic E-state index is 0.397. The van der Waals surface area contributed by atoms with Crippen molar-refractivity contribution in [2.45, 2.75) is 25.9 Å². The van der Waals surface area contributed by atoms with E-state index >= 15 is 0 Å². The number of aromatic nitrogens is 2. The molecule has 19 heavy (non-hydrogen) atoms. The van der Waals surface area contributed by atoms with E-state index in [1.54, 1.807) is 0 Å². The lowest BCUT2D eigenvalue weighted by Crippen LogP contribution is -2.29. The highest BCUT2D eigenvalue weighted by molar-refractivity contribution is 5.37. The Kier molecular flexibility index (Phi) is 3.51. The van der Waals surface area contributed by atoms with Crippen LogP contribution in [0.2, 0.25) is 0 Å². The number of nitrogens with zero attached hydrogens (tertiary/aromatic N) is 2. The molecular weight excluding hydrogens is 238 g/mol. The van der Waals surface area contributed by atoms with Crippen LogP contribution in [-0.2, 0) is 6.54 Å². The molecular formula is C15H19N3O. The summed E-state index contributed by atoms with van der Waals surface area (Å²) >= 11 is 0. The van der Waals surface area contributed by atoms with Crippen molar-refractivity contribution in [1.82, 2.24) is 14.9 Å². The third kappa shape index (κ3) is 2.63. The van der Waals surface area contributed by atoms with Gasteiger partial charge in [0, 0.05) is 43.5 Å². The minimum Gasteiger partial charge on any atom is -0.493 e. The van der Waals surface area contributed by atoms with Crippen LogP contribution in [0.1, 0.15) is 23.9 Å². The maximum absolute atomic E-state index is 5.67. The van der Waals surface area contributed by atoms with E-state index in [2.05, 4.69) is 27.0 Å². The van der Waals surface area contributed by atoms with Crippen LogP contribution >= 0.6 is 0 Å². The summed E-state index contributed by atoms with van der Waals surface area (Å²) < 4.78 is 7.83. The lowest BCUT2D eigenvalue weighted by atomic mass is 10.0. The van der Waals surface area contributed by atoms with Crippen LogP contribution in [0.3, 0.4) is 0 Å². The number of nitrogens with one attached hydrogen (secondary N) is 1. The molecule has 3 rings (SSSR count). The Bertz CT molecular complexity index is 550. The molecule has 1 unspecified atom stereocenters. The first kappa shape index (κ1) is 12.2. The summed E-state index contributed by atoms with van der Waals surface area (Å²) in [5.41, 5.74) is 1.27. The maximum atomic E-state index is 5.67. The Morgan fingerprint density at radius 3 is 3.16 bits per heavy atom. The largest absolute Gasteiger partial charge is 0.493 e. The monoisotopic (exact) mass is 257 g/mol. The maximum Gasteiger partial charge on any atom is 0.124 e. The number of hydrogen-bond donors (Lipinski definition) is 1. The topological polar surface area (TPSA) is 39.1 Å². The van der Waals surface area contributed by atoms with E-state index in [0.29, 0.717) is 6.04 Å². The van der Waals surface area contributed by atoms with Gasteiger partial charge in [-0.25, -0.2) is 4.98 Å². The molecule has 0 amide bonds. The number of benzene rings is 1. The molecule has 0 fully saturated rings. The zero-order valence-corrected chi connectivity index (χ0v) is 11.2. The fraction of sp³-hybridized carbons (Fsp3) is 0.400. The van der Waals surface area contributed by atoms with Gasteiger partial charge < -0.3 is 14.6 Å². The van der Waals surface area contributed by atoms with E-state index in [1.165, 1.54) is 5.56 Å². The first-order chi connectivity index (χ1) is 9.34. The molecule has 1 atom stereocenters. The molecule has 1 aliphatic rings. The van der Waals surface area contributed by atoms with Crippen LogP contribution in [0.15, 0.2) is 36.7 Å². The number of ether oxygens (including phenoxy) is 1. The Hall–Kier alpha value is -1.81. The normalized spacial score (nSPS) is 17.8. The standard InChI is InChI=1S/C15H19N3O/c1-12-16-7-9-18(12)10-8-17-14-6-11-19-15-5-3-2-4-13(14)15/h2-5,7,9,14,17H,6,8,10-11H2,1H3. The summed E-state index contributed by atoms with van der Waals surface area (Å²) in [5, 5.41) is 3.61. The van der Waals surface area contributed by atoms with Crippen LogP contribution in [0, 0.1) is 6.92 Å². The van der Waals surface area contributed by atoms with Gasteiger partial charge in [0.15, 0.2) is 0 Å². The van der Waals surface area contributed by atoms with Crippen molar-refractivity contribution in [2.24, 2.45) is 0 Å². The van der Waals surface area contributed by atoms with E-state index in [9.17, 15) is 0 Å². The molecule has 4 heteroatoms. The summed E-state index contributed by atoms with van der Waals surface area (Å²) in [5.74, 6) is 2.08. The van der Waals surface area contributed by atoms with Gasteiger partial charge in [-0.1, -0.05) is 18.2 Å². The SMILES string of the molecule is Cc1nccn1CCNC1CCOc2ccccc21. The lowest BCUT2D eigenvalue weighted by Gasteiger charge is -2.26. The second kappa shape index (κ2) is 5.45. The quantitative estimate of drug-likeness (QED) is 0.913. The van der Waals surface area contributed by atoms with Gasteiger partial charge in [-0.05, 0) is 13.0 Å². The van der Waals surface area contributed by atoms with E-state index in [0.717, 1.165) is 37.7 Å². The van der Waals surface area contributed by atoms with Crippen molar-refractivity contribution in [3.8, 4) is 5.75 Å². The summed E-state index contributed by atoms with van der Waals surface area (Å²) in [4.78, 5) is 4.23. The average Bonchev–Trinajstić information content (AvgIpc) is 2.85. The summed E-state index contributed by atoms with van der Waals surface area (Å²) in [6, 6.07) is 8.68. The van der Waals surface area contributed by atoms with Gasteiger partial charge in [-0.3, -0.25) is 0 Å². The number of para-hydroxylation sites is 1. The Morgan fingerprint density at radius 1 is 1.42 bits per heavy atom. The highest BCUT2D eigenvalue weighted by Gasteiger charge is 2.19. The van der Waals surface area contributed by atoms with Crippen molar-refractivity contribution in [2.75, 3.05) is 13.2 Å². The Morgan fingerprint density at radius 2 is 2.32 bits per heavy atom. The van der Waals surface area contributed by atoms with Gasteiger partial charge in [0.1, 0.15) is 11.6 Å². The third-order valence-electron chi connectivity index (χ3n) is 3.63. The molecule has 100 valence electrons. The van der Waals surface area contributed by atoms with Gasteiger partial charge in [0.25, 0.3) is 0 Å². The lowest BCUT2D eigenvalue weighted by molar-refractivity contribution is 0.252. The number of hydrogen-bond acceptors (Lipinski definition) is 3. The zero-order valence-electron chi connectivity index (χ0n) is 11.2. The van der Waals surface area contributed by atoms with Crippen molar-refractivity contribution in [1.29, 1.82) is 0 Å². The molecule has 0 spiro atoms. The smallest absolute Gasteiger partial charge is 0.124 e. The van der Waals surface area contributed by atoms with Crippen molar-refractivity contribution in [3.05, 3.63) is 48.0 Å². The molecule has 0 saturated carbocycles. The van der Waals surface area contributed by atoms with E-state index in [-0.39, 0.29) is 0 Å². The second-order valence-corrected chi connectivity index (χ2v) is 4.85. The van der Waals surface area contributed by atoms with E-state index in [4.69, 9.17) is 4.74 Å². The van der Waals surface area contributed by atoms with Gasteiger partial charge in [-0.2, -0.15) is 0 Å². The van der Waals surface area contributed by atoms with E-state index in [1.807, 2.05) is 31.5 Å². The van der Waals surface area contributed by atoms with Crippen LogP contribution in [0.4, 0.5) is 0 Å². The highest BCUT2D eigenvalue weighted by Crippen LogP contribution is 2.31. The van der Waals surface area contributed by atoms with Crippen LogP contribution in [-0.4, -0.2) is 22.7 Å². The first-order valence-corrected chi connectivity index (χ1v) is 6.77. The van der Waals surface area contributed by atoms with Gasteiger partial charge >= 0.3 is 0 Å². The molecule has 2 aromatic rings. The summed E-state index contributed by atoms with van der Waals surface area (Å²) in [7, 11) is 0. The Balaban J connectivity index is 1.61. The number of rotatable bonds is 4. The number of aryl methyl sites for hydroxylation is 1. The number of fused-ring (bicyclic) bond motifs is 1. The van der Waals surface area contributed by atoms with Crippen LogP contribution < -0.4 is 10.1 Å². The number of imidazole rings is 1. The summed E-state index contributed by atoms with van der Waals surface area (Å²) in [6.45, 7) is 4.71. The van der Waals surface area contributed by atoms with Crippen LogP contribution in [0.5, 0.6) is 5.75 Å². The first-order valence-electron chi connectivity index (χ1n) is 6.77. The molecule has 1 aromatic heterocycles. The summed E-state index contributed by atoms with van der Waals surface area (Å²) in [6.07, 6.45) is 4.90. The second-order valence-electron chi connectivity index (χ2n) is 4.85. The van der Waals surface area contributed by atoms with Crippen molar-refractivity contribution in [3.63, 3.8) is 0 Å². The molecule has 4 nitrogen and oxygen atoms in total. The molecule has 0 radical (unpaired) electrons. The van der Waals surface area contributed by atoms with Gasteiger partial charge in [0.2, 0.25) is 0 Å². The molecule has 0 bridgehead atoms. The average molecular weight is 257 g/mol. The molecule has 1 aliphatic heterocycles. The van der Waals surface area contributed by atoms with Gasteiger partial charge in [-0.15, -0.1) is 0 Å². The highest BCUT2D eigenvalue weighted by atomic mass is 16.5. The van der Waals surface area contributed by atoms with Crippen LogP contribution in [0.25, 0.3) is 0 Å². The van der Waals surface area contributed by atoms with Crippen molar-refractivity contribution < 1.29 is 4.74 Å². The fourth-order valence-corrected chi connectivity index (χ4v) is 2.55. The predicted molar refractivity (Wildman–Crippen MR) is 74.3 cm³/mol.